The van der Waals surface area contributed by atoms with Gasteiger partial charge in [0.15, 0.2) is 11.5 Å². The molecule has 0 aliphatic carbocycles. The largest absolute Gasteiger partial charge is 0.496 e. The minimum Gasteiger partial charge on any atom is -0.496 e. The molecule has 0 saturated heterocycles. The monoisotopic (exact) mass is 329 g/mol. The van der Waals surface area contributed by atoms with Crippen LogP contribution in [0.3, 0.4) is 0 Å². The van der Waals surface area contributed by atoms with E-state index in [1.54, 1.807) is 39.5 Å². The second kappa shape index (κ2) is 7.25. The third kappa shape index (κ3) is 3.45. The number of rotatable bonds is 6. The van der Waals surface area contributed by atoms with Crippen LogP contribution in [0, 0.1) is 0 Å². The number of hydrogen-bond donors (Lipinski definition) is 1. The summed E-state index contributed by atoms with van der Waals surface area (Å²) in [5, 5.41) is 2.93. The highest BCUT2D eigenvalue weighted by Crippen LogP contribution is 2.34. The number of hydrogen-bond acceptors (Lipinski definition) is 4. The van der Waals surface area contributed by atoms with Crippen molar-refractivity contribution in [2.75, 3.05) is 26.6 Å². The van der Waals surface area contributed by atoms with Gasteiger partial charge in [0.05, 0.1) is 26.7 Å². The Morgan fingerprint density at radius 1 is 0.875 bits per heavy atom. The van der Waals surface area contributed by atoms with E-state index in [-0.39, 0.29) is 5.91 Å². The molecule has 0 unspecified atom stereocenters. The Kier molecular flexibility index (Phi) is 5.34. The lowest BCUT2D eigenvalue weighted by atomic mass is 9.83. The standard InChI is InChI=1S/C19H23NO4/c1-19(2,14-8-6-7-9-15(14)22-3)18(21)20-13-10-11-16(23-4)17(12-13)24-5/h6-12H,1-5H3,(H,20,21). The second-order valence-electron chi connectivity index (χ2n) is 5.85. The molecule has 0 fully saturated rings. The summed E-state index contributed by atoms with van der Waals surface area (Å²) in [5.74, 6) is 1.72. The van der Waals surface area contributed by atoms with Crippen molar-refractivity contribution in [2.45, 2.75) is 19.3 Å². The normalized spacial score (nSPS) is 10.9. The Hall–Kier alpha value is -2.69. The fourth-order valence-electron chi connectivity index (χ4n) is 2.48. The molecule has 0 atom stereocenters. The minimum atomic E-state index is -0.764. The van der Waals surface area contributed by atoms with Crippen LogP contribution in [0.1, 0.15) is 19.4 Å². The number of anilines is 1. The van der Waals surface area contributed by atoms with E-state index < -0.39 is 5.41 Å². The highest BCUT2D eigenvalue weighted by molar-refractivity contribution is 5.99. The second-order valence-corrected chi connectivity index (χ2v) is 5.85. The van der Waals surface area contributed by atoms with E-state index in [1.807, 2.05) is 38.1 Å². The molecule has 0 bridgehead atoms. The number of nitrogens with one attached hydrogen (secondary N) is 1. The summed E-state index contributed by atoms with van der Waals surface area (Å²) >= 11 is 0. The minimum absolute atomic E-state index is 0.140. The number of carbonyl (C=O) groups is 1. The van der Waals surface area contributed by atoms with Crippen molar-refractivity contribution in [1.82, 2.24) is 0 Å². The first-order valence-corrected chi connectivity index (χ1v) is 7.61. The average Bonchev–Trinajstić information content (AvgIpc) is 2.61. The summed E-state index contributed by atoms with van der Waals surface area (Å²) in [7, 11) is 4.73. The Morgan fingerprint density at radius 2 is 1.50 bits per heavy atom. The molecule has 2 rings (SSSR count). The van der Waals surface area contributed by atoms with Gasteiger partial charge in [-0.05, 0) is 32.0 Å². The van der Waals surface area contributed by atoms with Crippen molar-refractivity contribution in [3.05, 3.63) is 48.0 Å². The van der Waals surface area contributed by atoms with Gasteiger partial charge < -0.3 is 19.5 Å². The van der Waals surface area contributed by atoms with Crippen LogP contribution < -0.4 is 19.5 Å². The van der Waals surface area contributed by atoms with Crippen molar-refractivity contribution in [3.63, 3.8) is 0 Å². The lowest BCUT2D eigenvalue weighted by Gasteiger charge is -2.26. The fraction of sp³-hybridized carbons (Fsp3) is 0.316. The molecule has 2 aromatic rings. The van der Waals surface area contributed by atoms with Gasteiger partial charge in [0.1, 0.15) is 5.75 Å². The first kappa shape index (κ1) is 17.7. The summed E-state index contributed by atoms with van der Waals surface area (Å²) in [6.07, 6.45) is 0. The van der Waals surface area contributed by atoms with Crippen molar-refractivity contribution in [1.29, 1.82) is 0 Å². The molecule has 1 amide bonds. The van der Waals surface area contributed by atoms with E-state index >= 15 is 0 Å². The maximum atomic E-state index is 12.8. The van der Waals surface area contributed by atoms with Gasteiger partial charge in [0.2, 0.25) is 5.91 Å². The third-order valence-electron chi connectivity index (χ3n) is 3.99. The Labute approximate surface area is 142 Å². The lowest BCUT2D eigenvalue weighted by Crippen LogP contribution is -2.35. The van der Waals surface area contributed by atoms with E-state index in [1.165, 1.54) is 0 Å². The van der Waals surface area contributed by atoms with E-state index in [2.05, 4.69) is 5.32 Å². The summed E-state index contributed by atoms with van der Waals surface area (Å²) in [5.41, 5.74) is 0.700. The smallest absolute Gasteiger partial charge is 0.234 e. The quantitative estimate of drug-likeness (QED) is 0.879. The van der Waals surface area contributed by atoms with Crippen molar-refractivity contribution in [2.24, 2.45) is 0 Å². The zero-order valence-corrected chi connectivity index (χ0v) is 14.7. The predicted octanol–water partition coefficient (Wildman–Crippen LogP) is 3.63. The maximum absolute atomic E-state index is 12.8. The molecular weight excluding hydrogens is 306 g/mol. The van der Waals surface area contributed by atoms with Gasteiger partial charge in [-0.15, -0.1) is 0 Å². The van der Waals surface area contributed by atoms with Crippen molar-refractivity contribution < 1.29 is 19.0 Å². The van der Waals surface area contributed by atoms with Crippen molar-refractivity contribution in [3.8, 4) is 17.2 Å². The van der Waals surface area contributed by atoms with Crippen LogP contribution in [-0.4, -0.2) is 27.2 Å². The van der Waals surface area contributed by atoms with Gasteiger partial charge in [-0.3, -0.25) is 4.79 Å². The molecule has 0 aromatic heterocycles. The number of para-hydroxylation sites is 1. The summed E-state index contributed by atoms with van der Waals surface area (Å²) in [6, 6.07) is 12.8. The molecule has 0 saturated carbocycles. The van der Waals surface area contributed by atoms with Gasteiger partial charge in [0.25, 0.3) is 0 Å². The molecule has 1 N–H and O–H groups in total. The van der Waals surface area contributed by atoms with Crippen LogP contribution in [0.2, 0.25) is 0 Å². The first-order chi connectivity index (χ1) is 11.4. The molecule has 0 radical (unpaired) electrons. The maximum Gasteiger partial charge on any atom is 0.234 e. The van der Waals surface area contributed by atoms with Gasteiger partial charge in [-0.1, -0.05) is 18.2 Å². The molecule has 0 heterocycles. The fourth-order valence-corrected chi connectivity index (χ4v) is 2.48. The molecule has 24 heavy (non-hydrogen) atoms. The number of amides is 1. The summed E-state index contributed by atoms with van der Waals surface area (Å²) in [6.45, 7) is 3.72. The Morgan fingerprint density at radius 3 is 2.12 bits per heavy atom. The molecule has 128 valence electrons. The topological polar surface area (TPSA) is 56.8 Å². The van der Waals surface area contributed by atoms with Gasteiger partial charge in [0, 0.05) is 17.3 Å². The lowest BCUT2D eigenvalue weighted by molar-refractivity contribution is -0.120. The third-order valence-corrected chi connectivity index (χ3v) is 3.99. The molecule has 0 aliphatic heterocycles. The SMILES string of the molecule is COc1ccc(NC(=O)C(C)(C)c2ccccc2OC)cc1OC. The number of benzene rings is 2. The zero-order chi connectivity index (χ0) is 17.7. The van der Waals surface area contributed by atoms with E-state index in [4.69, 9.17) is 14.2 Å². The predicted molar refractivity (Wildman–Crippen MR) is 94.2 cm³/mol. The Bertz CT molecular complexity index is 725. The van der Waals surface area contributed by atoms with Gasteiger partial charge in [-0.2, -0.15) is 0 Å². The van der Waals surface area contributed by atoms with Crippen LogP contribution in [-0.2, 0) is 10.2 Å². The average molecular weight is 329 g/mol. The van der Waals surface area contributed by atoms with Crippen LogP contribution in [0.15, 0.2) is 42.5 Å². The van der Waals surface area contributed by atoms with Crippen LogP contribution in [0.25, 0.3) is 0 Å². The molecule has 2 aromatic carbocycles. The van der Waals surface area contributed by atoms with Crippen LogP contribution in [0.4, 0.5) is 5.69 Å². The summed E-state index contributed by atoms with van der Waals surface area (Å²) < 4.78 is 15.9. The van der Waals surface area contributed by atoms with E-state index in [0.717, 1.165) is 5.56 Å². The summed E-state index contributed by atoms with van der Waals surface area (Å²) in [4.78, 5) is 12.8. The molecular formula is C19H23NO4. The number of ether oxygens (including phenoxy) is 3. The van der Waals surface area contributed by atoms with Gasteiger partial charge >= 0.3 is 0 Å². The van der Waals surface area contributed by atoms with E-state index in [9.17, 15) is 4.79 Å². The highest BCUT2D eigenvalue weighted by atomic mass is 16.5. The van der Waals surface area contributed by atoms with Crippen molar-refractivity contribution >= 4 is 11.6 Å². The number of methoxy groups -OCH3 is 3. The molecule has 0 aliphatic rings. The zero-order valence-electron chi connectivity index (χ0n) is 14.7. The molecule has 0 spiro atoms. The van der Waals surface area contributed by atoms with E-state index in [0.29, 0.717) is 22.9 Å². The van der Waals surface area contributed by atoms with Crippen LogP contribution >= 0.6 is 0 Å². The van der Waals surface area contributed by atoms with Gasteiger partial charge in [-0.25, -0.2) is 0 Å². The highest BCUT2D eigenvalue weighted by Gasteiger charge is 2.32. The molecule has 5 heteroatoms. The number of carbonyl (C=O) groups excluding carboxylic acids is 1. The van der Waals surface area contributed by atoms with Crippen LogP contribution in [0.5, 0.6) is 17.2 Å². The first-order valence-electron chi connectivity index (χ1n) is 7.61. The molecule has 5 nitrogen and oxygen atoms in total. The Balaban J connectivity index is 2.28.